The fraction of sp³-hybridized carbons (Fsp3) is 0.462. The molecule has 1 N–H and O–H groups in total. The Balaban J connectivity index is 2.76. The number of carbonyl (C=O) groups is 1. The van der Waals surface area contributed by atoms with Crippen LogP contribution >= 0.6 is 0 Å². The number of ether oxygens (including phenoxy) is 1. The molecule has 0 radical (unpaired) electrons. The van der Waals surface area contributed by atoms with Crippen LogP contribution in [0, 0.1) is 5.41 Å². The van der Waals surface area contributed by atoms with Crippen molar-refractivity contribution in [1.29, 1.82) is 0 Å². The molecule has 1 rings (SSSR count). The van der Waals surface area contributed by atoms with Gasteiger partial charge in [-0.15, -0.1) is 0 Å². The minimum Gasteiger partial charge on any atom is -0.497 e. The topological polar surface area (TPSA) is 38.3 Å². The predicted octanol–water partition coefficient (Wildman–Crippen LogP) is 2.01. The molecule has 0 aromatic heterocycles. The third kappa shape index (κ3) is 2.99. The van der Waals surface area contributed by atoms with Gasteiger partial charge < -0.3 is 10.1 Å². The van der Waals surface area contributed by atoms with Gasteiger partial charge in [-0.1, -0.05) is 26.0 Å². The second-order valence-corrected chi connectivity index (χ2v) is 4.49. The summed E-state index contributed by atoms with van der Waals surface area (Å²) in [5.41, 5.74) is 0.748. The zero-order chi connectivity index (χ0) is 12.2. The van der Waals surface area contributed by atoms with Crippen LogP contribution in [0.5, 0.6) is 5.75 Å². The Morgan fingerprint density at radius 3 is 2.31 bits per heavy atom. The summed E-state index contributed by atoms with van der Waals surface area (Å²) < 4.78 is 5.09. The number of hydrogen-bond acceptors (Lipinski definition) is 2. The maximum Gasteiger partial charge on any atom is 0.225 e. The first kappa shape index (κ1) is 12.6. The van der Waals surface area contributed by atoms with Crippen LogP contribution in [0.25, 0.3) is 0 Å². The highest BCUT2D eigenvalue weighted by Crippen LogP contribution is 2.23. The largest absolute Gasteiger partial charge is 0.497 e. The summed E-state index contributed by atoms with van der Waals surface area (Å²) in [5, 5.41) is 2.68. The first-order valence-corrected chi connectivity index (χ1v) is 5.34. The van der Waals surface area contributed by atoms with Crippen LogP contribution in [0.4, 0.5) is 0 Å². The number of carbonyl (C=O) groups excluding carboxylic acids is 1. The molecule has 3 nitrogen and oxygen atoms in total. The van der Waals surface area contributed by atoms with E-state index in [9.17, 15) is 4.79 Å². The van der Waals surface area contributed by atoms with Crippen molar-refractivity contribution in [3.8, 4) is 5.75 Å². The Morgan fingerprint density at radius 2 is 1.88 bits per heavy atom. The van der Waals surface area contributed by atoms with E-state index in [1.807, 2.05) is 38.1 Å². The van der Waals surface area contributed by atoms with Gasteiger partial charge >= 0.3 is 0 Å². The Morgan fingerprint density at radius 1 is 1.31 bits per heavy atom. The fourth-order valence-electron chi connectivity index (χ4n) is 1.67. The summed E-state index contributed by atoms with van der Waals surface area (Å²) in [6.07, 6.45) is 0.719. The van der Waals surface area contributed by atoms with Crippen molar-refractivity contribution >= 4 is 5.91 Å². The number of methoxy groups -OCH3 is 1. The van der Waals surface area contributed by atoms with E-state index in [-0.39, 0.29) is 11.3 Å². The van der Waals surface area contributed by atoms with Gasteiger partial charge in [0.25, 0.3) is 0 Å². The van der Waals surface area contributed by atoms with Gasteiger partial charge in [0.1, 0.15) is 5.75 Å². The number of rotatable bonds is 4. The minimum atomic E-state index is -0.386. The Hall–Kier alpha value is -1.51. The molecular weight excluding hydrogens is 202 g/mol. The lowest BCUT2D eigenvalue weighted by Gasteiger charge is -2.22. The number of benzene rings is 1. The molecular formula is C13H19NO2. The predicted molar refractivity (Wildman–Crippen MR) is 64.5 cm³/mol. The molecule has 0 fully saturated rings. The Labute approximate surface area is 96.8 Å². The average molecular weight is 221 g/mol. The summed E-state index contributed by atoms with van der Waals surface area (Å²) in [6.45, 7) is 3.88. The lowest BCUT2D eigenvalue weighted by molar-refractivity contribution is -0.128. The molecule has 0 spiro atoms. The van der Waals surface area contributed by atoms with E-state index in [0.29, 0.717) is 0 Å². The van der Waals surface area contributed by atoms with Gasteiger partial charge in [-0.2, -0.15) is 0 Å². The second-order valence-electron chi connectivity index (χ2n) is 4.49. The van der Waals surface area contributed by atoms with Gasteiger partial charge in [-0.05, 0) is 24.1 Å². The van der Waals surface area contributed by atoms with E-state index >= 15 is 0 Å². The molecule has 3 heteroatoms. The zero-order valence-electron chi connectivity index (χ0n) is 10.3. The van der Waals surface area contributed by atoms with E-state index in [2.05, 4.69) is 5.32 Å². The summed E-state index contributed by atoms with van der Waals surface area (Å²) in [6, 6.07) is 7.80. The van der Waals surface area contributed by atoms with Crippen molar-refractivity contribution in [1.82, 2.24) is 5.32 Å². The van der Waals surface area contributed by atoms with Gasteiger partial charge in [0.05, 0.1) is 7.11 Å². The van der Waals surface area contributed by atoms with E-state index in [4.69, 9.17) is 4.74 Å². The summed E-state index contributed by atoms with van der Waals surface area (Å²) in [4.78, 5) is 11.6. The number of amides is 1. The van der Waals surface area contributed by atoms with Crippen LogP contribution in [0.3, 0.4) is 0 Å². The Bertz CT molecular complexity index is 355. The molecule has 1 aromatic carbocycles. The van der Waals surface area contributed by atoms with E-state index in [1.165, 1.54) is 0 Å². The molecule has 0 saturated heterocycles. The van der Waals surface area contributed by atoms with Crippen LogP contribution in [0.1, 0.15) is 19.4 Å². The monoisotopic (exact) mass is 221 g/mol. The lowest BCUT2D eigenvalue weighted by Crippen LogP contribution is -2.36. The van der Waals surface area contributed by atoms with Crippen molar-refractivity contribution in [2.24, 2.45) is 5.41 Å². The van der Waals surface area contributed by atoms with Gasteiger partial charge in [0.2, 0.25) is 5.91 Å². The van der Waals surface area contributed by atoms with Gasteiger partial charge in [-0.3, -0.25) is 4.79 Å². The van der Waals surface area contributed by atoms with Gasteiger partial charge in [-0.25, -0.2) is 0 Å². The first-order valence-electron chi connectivity index (χ1n) is 5.34. The van der Waals surface area contributed by atoms with Gasteiger partial charge in [0.15, 0.2) is 0 Å². The molecule has 0 aliphatic heterocycles. The van der Waals surface area contributed by atoms with Crippen molar-refractivity contribution in [2.75, 3.05) is 14.2 Å². The van der Waals surface area contributed by atoms with E-state index in [1.54, 1.807) is 14.2 Å². The van der Waals surface area contributed by atoms with Crippen LogP contribution < -0.4 is 10.1 Å². The zero-order valence-corrected chi connectivity index (χ0v) is 10.3. The molecule has 0 unspecified atom stereocenters. The van der Waals surface area contributed by atoms with Crippen molar-refractivity contribution in [3.05, 3.63) is 29.8 Å². The standard InChI is InChI=1S/C13H19NO2/c1-13(2,12(15)14-3)9-10-5-7-11(16-4)8-6-10/h5-8H,9H2,1-4H3,(H,14,15). The van der Waals surface area contributed by atoms with Crippen LogP contribution in [-0.4, -0.2) is 20.1 Å². The molecule has 0 atom stereocenters. The highest BCUT2D eigenvalue weighted by atomic mass is 16.5. The summed E-state index contributed by atoms with van der Waals surface area (Å²) in [7, 11) is 3.31. The molecule has 0 aliphatic rings. The molecule has 1 amide bonds. The first-order chi connectivity index (χ1) is 7.49. The maximum atomic E-state index is 11.6. The fourth-order valence-corrected chi connectivity index (χ4v) is 1.67. The van der Waals surface area contributed by atoms with Crippen LogP contribution in [0.15, 0.2) is 24.3 Å². The quantitative estimate of drug-likeness (QED) is 0.844. The normalized spacial score (nSPS) is 11.0. The highest BCUT2D eigenvalue weighted by molar-refractivity contribution is 5.81. The van der Waals surface area contributed by atoms with Crippen molar-refractivity contribution in [2.45, 2.75) is 20.3 Å². The summed E-state index contributed by atoms with van der Waals surface area (Å²) >= 11 is 0. The van der Waals surface area contributed by atoms with Gasteiger partial charge in [0, 0.05) is 12.5 Å². The summed E-state index contributed by atoms with van der Waals surface area (Å²) in [5.74, 6) is 0.893. The molecule has 0 heterocycles. The molecule has 0 saturated carbocycles. The number of hydrogen-bond donors (Lipinski definition) is 1. The van der Waals surface area contributed by atoms with Crippen LogP contribution in [-0.2, 0) is 11.2 Å². The van der Waals surface area contributed by atoms with Crippen LogP contribution in [0.2, 0.25) is 0 Å². The minimum absolute atomic E-state index is 0.0586. The van der Waals surface area contributed by atoms with E-state index in [0.717, 1.165) is 17.7 Å². The third-order valence-corrected chi connectivity index (χ3v) is 2.65. The molecule has 0 aliphatic carbocycles. The molecule has 16 heavy (non-hydrogen) atoms. The van der Waals surface area contributed by atoms with E-state index < -0.39 is 0 Å². The highest BCUT2D eigenvalue weighted by Gasteiger charge is 2.26. The SMILES string of the molecule is CNC(=O)C(C)(C)Cc1ccc(OC)cc1. The maximum absolute atomic E-state index is 11.6. The molecule has 1 aromatic rings. The third-order valence-electron chi connectivity index (χ3n) is 2.65. The van der Waals surface area contributed by atoms with Crippen molar-refractivity contribution < 1.29 is 9.53 Å². The Kier molecular flexibility index (Phi) is 3.93. The lowest BCUT2D eigenvalue weighted by atomic mass is 9.85. The smallest absolute Gasteiger partial charge is 0.225 e. The average Bonchev–Trinajstić information content (AvgIpc) is 2.28. The molecule has 0 bridgehead atoms. The molecule has 88 valence electrons. The van der Waals surface area contributed by atoms with Crippen molar-refractivity contribution in [3.63, 3.8) is 0 Å². The second kappa shape index (κ2) is 5.01. The number of nitrogens with one attached hydrogen (secondary N) is 1.